The minimum atomic E-state index is 0.0398. The molecule has 2 aromatic heterocycles. The number of hydrogen-bond acceptors (Lipinski definition) is 4. The SMILES string of the molecule is Cc1ccc(-c2[nH]ncc2CNc2cccc(CO)c2)o1. The number of nitrogens with one attached hydrogen (secondary N) is 2. The first-order chi connectivity index (χ1) is 10.3. The number of H-pyrrole nitrogens is 1. The molecule has 0 aliphatic rings. The normalized spacial score (nSPS) is 10.8. The lowest BCUT2D eigenvalue weighted by molar-refractivity contribution is 0.282. The summed E-state index contributed by atoms with van der Waals surface area (Å²) in [5, 5.41) is 19.5. The highest BCUT2D eigenvalue weighted by atomic mass is 16.3. The van der Waals surface area contributed by atoms with Crippen LogP contribution in [0.5, 0.6) is 0 Å². The summed E-state index contributed by atoms with van der Waals surface area (Å²) in [7, 11) is 0. The number of rotatable bonds is 5. The predicted molar refractivity (Wildman–Crippen MR) is 80.7 cm³/mol. The number of nitrogens with zero attached hydrogens (tertiary/aromatic N) is 1. The first-order valence-electron chi connectivity index (χ1n) is 6.79. The Morgan fingerprint density at radius 1 is 1.29 bits per heavy atom. The third-order valence-electron chi connectivity index (χ3n) is 3.30. The molecule has 3 rings (SSSR count). The molecular weight excluding hydrogens is 266 g/mol. The number of aliphatic hydroxyl groups is 1. The second kappa shape index (κ2) is 5.85. The summed E-state index contributed by atoms with van der Waals surface area (Å²) >= 11 is 0. The maximum Gasteiger partial charge on any atom is 0.152 e. The van der Waals surface area contributed by atoms with Crippen LogP contribution in [0.25, 0.3) is 11.5 Å². The number of aromatic amines is 1. The van der Waals surface area contributed by atoms with Crippen molar-refractivity contribution in [2.45, 2.75) is 20.1 Å². The van der Waals surface area contributed by atoms with Crippen LogP contribution in [0.2, 0.25) is 0 Å². The minimum Gasteiger partial charge on any atom is -0.460 e. The topological polar surface area (TPSA) is 74.1 Å². The van der Waals surface area contributed by atoms with E-state index in [9.17, 15) is 0 Å². The van der Waals surface area contributed by atoms with E-state index in [1.807, 2.05) is 43.3 Å². The summed E-state index contributed by atoms with van der Waals surface area (Å²) in [6.45, 7) is 2.58. The molecule has 0 spiro atoms. The Morgan fingerprint density at radius 2 is 2.19 bits per heavy atom. The fraction of sp³-hybridized carbons (Fsp3) is 0.188. The molecule has 0 unspecified atom stereocenters. The molecule has 0 aliphatic carbocycles. The molecule has 0 aliphatic heterocycles. The van der Waals surface area contributed by atoms with Gasteiger partial charge in [0.1, 0.15) is 11.5 Å². The van der Waals surface area contributed by atoms with E-state index in [0.29, 0.717) is 6.54 Å². The molecule has 108 valence electrons. The molecule has 0 radical (unpaired) electrons. The molecule has 3 aromatic rings. The van der Waals surface area contributed by atoms with Gasteiger partial charge in [-0.1, -0.05) is 12.1 Å². The summed E-state index contributed by atoms with van der Waals surface area (Å²) < 4.78 is 5.63. The van der Waals surface area contributed by atoms with Crippen molar-refractivity contribution in [1.29, 1.82) is 0 Å². The van der Waals surface area contributed by atoms with Crippen molar-refractivity contribution < 1.29 is 9.52 Å². The highest BCUT2D eigenvalue weighted by Gasteiger charge is 2.10. The predicted octanol–water partition coefficient (Wildman–Crippen LogP) is 3.08. The maximum absolute atomic E-state index is 9.15. The number of aryl methyl sites for hydroxylation is 1. The van der Waals surface area contributed by atoms with E-state index in [0.717, 1.165) is 34.0 Å². The average Bonchev–Trinajstić information content (AvgIpc) is 3.13. The van der Waals surface area contributed by atoms with Crippen molar-refractivity contribution in [3.8, 4) is 11.5 Å². The molecule has 1 aromatic carbocycles. The van der Waals surface area contributed by atoms with Crippen LogP contribution in [0.3, 0.4) is 0 Å². The van der Waals surface area contributed by atoms with Gasteiger partial charge in [-0.05, 0) is 36.8 Å². The van der Waals surface area contributed by atoms with E-state index in [1.54, 1.807) is 6.20 Å². The van der Waals surface area contributed by atoms with Crippen LogP contribution in [0, 0.1) is 6.92 Å². The van der Waals surface area contributed by atoms with Gasteiger partial charge in [0.05, 0.1) is 12.8 Å². The molecule has 21 heavy (non-hydrogen) atoms. The van der Waals surface area contributed by atoms with Crippen molar-refractivity contribution in [2.24, 2.45) is 0 Å². The number of anilines is 1. The third kappa shape index (κ3) is 2.98. The van der Waals surface area contributed by atoms with Crippen LogP contribution in [0.4, 0.5) is 5.69 Å². The van der Waals surface area contributed by atoms with Gasteiger partial charge < -0.3 is 14.8 Å². The monoisotopic (exact) mass is 283 g/mol. The maximum atomic E-state index is 9.15. The third-order valence-corrected chi connectivity index (χ3v) is 3.30. The fourth-order valence-electron chi connectivity index (χ4n) is 2.20. The molecular formula is C16H17N3O2. The molecule has 0 bridgehead atoms. The molecule has 0 atom stereocenters. The Hall–Kier alpha value is -2.53. The molecule has 0 saturated carbocycles. The number of aromatic nitrogens is 2. The average molecular weight is 283 g/mol. The van der Waals surface area contributed by atoms with Crippen LogP contribution in [0.1, 0.15) is 16.9 Å². The Balaban J connectivity index is 1.75. The van der Waals surface area contributed by atoms with Crippen LogP contribution < -0.4 is 5.32 Å². The minimum absolute atomic E-state index is 0.0398. The van der Waals surface area contributed by atoms with E-state index >= 15 is 0 Å². The lowest BCUT2D eigenvalue weighted by Crippen LogP contribution is -2.00. The van der Waals surface area contributed by atoms with Gasteiger partial charge in [0, 0.05) is 17.8 Å². The summed E-state index contributed by atoms with van der Waals surface area (Å²) in [4.78, 5) is 0. The standard InChI is InChI=1S/C16H17N3O2/c1-11-5-6-15(21-11)16-13(9-18-19-16)8-17-14-4-2-3-12(7-14)10-20/h2-7,9,17,20H,8,10H2,1H3,(H,18,19). The molecule has 3 N–H and O–H groups in total. The van der Waals surface area contributed by atoms with Gasteiger partial charge in [0.15, 0.2) is 5.76 Å². The number of aliphatic hydroxyl groups excluding tert-OH is 1. The van der Waals surface area contributed by atoms with Gasteiger partial charge in [0.25, 0.3) is 0 Å². The second-order valence-electron chi connectivity index (χ2n) is 4.89. The first kappa shape index (κ1) is 13.5. The number of benzene rings is 1. The van der Waals surface area contributed by atoms with E-state index in [2.05, 4.69) is 15.5 Å². The zero-order valence-corrected chi connectivity index (χ0v) is 11.8. The van der Waals surface area contributed by atoms with Gasteiger partial charge in [-0.2, -0.15) is 5.10 Å². The van der Waals surface area contributed by atoms with Crippen molar-refractivity contribution >= 4 is 5.69 Å². The zero-order chi connectivity index (χ0) is 14.7. The van der Waals surface area contributed by atoms with Gasteiger partial charge in [-0.25, -0.2) is 0 Å². The van der Waals surface area contributed by atoms with Crippen LogP contribution in [0.15, 0.2) is 47.0 Å². The molecule has 5 nitrogen and oxygen atoms in total. The Bertz CT molecular complexity index is 730. The molecule has 2 heterocycles. The largest absolute Gasteiger partial charge is 0.460 e. The van der Waals surface area contributed by atoms with Crippen LogP contribution >= 0.6 is 0 Å². The summed E-state index contributed by atoms with van der Waals surface area (Å²) in [5.74, 6) is 1.65. The number of hydrogen-bond donors (Lipinski definition) is 3. The molecule has 0 amide bonds. The van der Waals surface area contributed by atoms with Gasteiger partial charge >= 0.3 is 0 Å². The van der Waals surface area contributed by atoms with Crippen molar-refractivity contribution in [3.05, 3.63) is 59.5 Å². The van der Waals surface area contributed by atoms with Crippen molar-refractivity contribution in [2.75, 3.05) is 5.32 Å². The van der Waals surface area contributed by atoms with E-state index in [-0.39, 0.29) is 6.61 Å². The number of furan rings is 1. The molecule has 5 heteroatoms. The summed E-state index contributed by atoms with van der Waals surface area (Å²) in [6.07, 6.45) is 1.79. The molecule has 0 fully saturated rings. The Morgan fingerprint density at radius 3 is 2.95 bits per heavy atom. The fourth-order valence-corrected chi connectivity index (χ4v) is 2.20. The van der Waals surface area contributed by atoms with E-state index in [4.69, 9.17) is 9.52 Å². The quantitative estimate of drug-likeness (QED) is 0.672. The van der Waals surface area contributed by atoms with E-state index < -0.39 is 0 Å². The highest BCUT2D eigenvalue weighted by molar-refractivity contribution is 5.58. The first-order valence-corrected chi connectivity index (χ1v) is 6.79. The highest BCUT2D eigenvalue weighted by Crippen LogP contribution is 2.24. The lowest BCUT2D eigenvalue weighted by Gasteiger charge is -2.07. The van der Waals surface area contributed by atoms with Crippen molar-refractivity contribution in [3.63, 3.8) is 0 Å². The summed E-state index contributed by atoms with van der Waals surface area (Å²) in [5.41, 5.74) is 3.76. The Kier molecular flexibility index (Phi) is 3.75. The molecule has 0 saturated heterocycles. The Labute approximate surface area is 122 Å². The van der Waals surface area contributed by atoms with Crippen LogP contribution in [-0.4, -0.2) is 15.3 Å². The summed E-state index contributed by atoms with van der Waals surface area (Å²) in [6, 6.07) is 11.6. The van der Waals surface area contributed by atoms with Gasteiger partial charge in [0.2, 0.25) is 0 Å². The van der Waals surface area contributed by atoms with Crippen molar-refractivity contribution in [1.82, 2.24) is 10.2 Å². The zero-order valence-electron chi connectivity index (χ0n) is 11.8. The smallest absolute Gasteiger partial charge is 0.152 e. The lowest BCUT2D eigenvalue weighted by atomic mass is 10.2. The second-order valence-corrected chi connectivity index (χ2v) is 4.89. The van der Waals surface area contributed by atoms with Gasteiger partial charge in [-0.15, -0.1) is 0 Å². The van der Waals surface area contributed by atoms with Crippen LogP contribution in [-0.2, 0) is 13.2 Å². The van der Waals surface area contributed by atoms with E-state index in [1.165, 1.54) is 0 Å². The van der Waals surface area contributed by atoms with Gasteiger partial charge in [-0.3, -0.25) is 5.10 Å².